The first-order chi connectivity index (χ1) is 8.70. The molecule has 0 spiro atoms. The zero-order valence-corrected chi connectivity index (χ0v) is 9.79. The lowest BCUT2D eigenvalue weighted by atomic mass is 10.2. The first-order valence-electron chi connectivity index (χ1n) is 5.19. The fourth-order valence-corrected chi connectivity index (χ4v) is 1.32. The third-order valence-electron chi connectivity index (χ3n) is 2.11. The molecule has 106 valence electrons. The van der Waals surface area contributed by atoms with E-state index in [4.69, 9.17) is 9.84 Å². The number of alkyl halides is 3. The van der Waals surface area contributed by atoms with Crippen LogP contribution in [0.25, 0.3) is 0 Å². The van der Waals surface area contributed by atoms with Gasteiger partial charge in [-0.15, -0.1) is 0 Å². The normalized spacial score (nSPS) is 12.9. The number of ether oxygens (including phenoxy) is 1. The highest BCUT2D eigenvalue weighted by atomic mass is 19.4. The average molecular weight is 281 g/mol. The predicted molar refractivity (Wildman–Crippen MR) is 57.5 cm³/mol. The maximum atomic E-state index is 12.8. The zero-order chi connectivity index (χ0) is 14.6. The van der Waals surface area contributed by atoms with E-state index in [0.29, 0.717) is 6.07 Å². The third kappa shape index (κ3) is 4.65. The van der Waals surface area contributed by atoms with Gasteiger partial charge in [0.2, 0.25) is 0 Å². The zero-order valence-electron chi connectivity index (χ0n) is 9.79. The molecular formula is C11H11F4NO3. The number of carboxylic acid groups (broad SMARTS) is 1. The van der Waals surface area contributed by atoms with Crippen molar-refractivity contribution in [3.63, 3.8) is 0 Å². The SMILES string of the molecule is C[C@@H](COc1ccc(F)cc1C(F)(F)F)NC(=O)O. The minimum atomic E-state index is -4.75. The van der Waals surface area contributed by atoms with E-state index >= 15 is 0 Å². The van der Waals surface area contributed by atoms with E-state index in [0.717, 1.165) is 12.1 Å². The molecular weight excluding hydrogens is 270 g/mol. The van der Waals surface area contributed by atoms with E-state index in [2.05, 4.69) is 0 Å². The molecule has 1 rings (SSSR count). The highest BCUT2D eigenvalue weighted by Crippen LogP contribution is 2.36. The van der Waals surface area contributed by atoms with Gasteiger partial charge in [0, 0.05) is 0 Å². The van der Waals surface area contributed by atoms with Gasteiger partial charge in [0.15, 0.2) is 0 Å². The minimum absolute atomic E-state index is 0.305. The summed E-state index contributed by atoms with van der Waals surface area (Å²) >= 11 is 0. The Kier molecular flexibility index (Phi) is 4.57. The molecule has 0 bridgehead atoms. The molecule has 4 nitrogen and oxygen atoms in total. The van der Waals surface area contributed by atoms with Gasteiger partial charge in [0.1, 0.15) is 23.7 Å². The molecule has 1 aromatic carbocycles. The quantitative estimate of drug-likeness (QED) is 0.834. The molecule has 0 saturated heterocycles. The van der Waals surface area contributed by atoms with E-state index < -0.39 is 35.4 Å². The summed E-state index contributed by atoms with van der Waals surface area (Å²) < 4.78 is 55.5. The smallest absolute Gasteiger partial charge is 0.420 e. The number of nitrogens with one attached hydrogen (secondary N) is 1. The minimum Gasteiger partial charge on any atom is -0.491 e. The Morgan fingerprint density at radius 2 is 2.11 bits per heavy atom. The molecule has 1 aromatic rings. The van der Waals surface area contributed by atoms with Crippen molar-refractivity contribution in [2.24, 2.45) is 0 Å². The topological polar surface area (TPSA) is 58.6 Å². The summed E-state index contributed by atoms with van der Waals surface area (Å²) in [6.07, 6.45) is -6.06. The summed E-state index contributed by atoms with van der Waals surface area (Å²) in [4.78, 5) is 10.3. The first-order valence-corrected chi connectivity index (χ1v) is 5.19. The summed E-state index contributed by atoms with van der Waals surface area (Å²) in [6, 6.07) is 1.31. The first kappa shape index (κ1) is 15.1. The van der Waals surface area contributed by atoms with Crippen LogP contribution < -0.4 is 10.1 Å². The third-order valence-corrected chi connectivity index (χ3v) is 2.11. The van der Waals surface area contributed by atoms with Crippen molar-refractivity contribution >= 4 is 6.09 Å². The summed E-state index contributed by atoms with van der Waals surface area (Å²) in [5, 5.41) is 10.4. The van der Waals surface area contributed by atoms with Crippen LogP contribution in [-0.4, -0.2) is 23.8 Å². The van der Waals surface area contributed by atoms with Crippen molar-refractivity contribution in [2.75, 3.05) is 6.61 Å². The van der Waals surface area contributed by atoms with E-state index in [-0.39, 0.29) is 6.61 Å². The average Bonchev–Trinajstić information content (AvgIpc) is 2.25. The van der Waals surface area contributed by atoms with Crippen LogP contribution >= 0.6 is 0 Å². The van der Waals surface area contributed by atoms with Crippen molar-refractivity contribution in [1.29, 1.82) is 0 Å². The van der Waals surface area contributed by atoms with Crippen LogP contribution in [0.3, 0.4) is 0 Å². The number of halogens is 4. The molecule has 19 heavy (non-hydrogen) atoms. The standard InChI is InChI=1S/C11H11F4NO3/c1-6(16-10(17)18)5-19-9-3-2-7(12)4-8(9)11(13,14)15/h2-4,6,16H,5H2,1H3,(H,17,18)/t6-/m0/s1. The van der Waals surface area contributed by atoms with Crippen LogP contribution in [0.4, 0.5) is 22.4 Å². The molecule has 0 heterocycles. The van der Waals surface area contributed by atoms with E-state index in [1.54, 1.807) is 0 Å². The molecule has 0 fully saturated rings. The molecule has 2 N–H and O–H groups in total. The molecule has 8 heteroatoms. The van der Waals surface area contributed by atoms with Gasteiger partial charge >= 0.3 is 12.3 Å². The number of benzene rings is 1. The Morgan fingerprint density at radius 1 is 1.47 bits per heavy atom. The van der Waals surface area contributed by atoms with Crippen molar-refractivity contribution in [3.8, 4) is 5.75 Å². The van der Waals surface area contributed by atoms with Gasteiger partial charge < -0.3 is 15.2 Å². The molecule has 0 aliphatic heterocycles. The molecule has 0 aromatic heterocycles. The van der Waals surface area contributed by atoms with Gasteiger partial charge in [-0.2, -0.15) is 13.2 Å². The van der Waals surface area contributed by atoms with Crippen LogP contribution in [0.15, 0.2) is 18.2 Å². The van der Waals surface area contributed by atoms with Crippen molar-refractivity contribution in [3.05, 3.63) is 29.6 Å². The Bertz CT molecular complexity index is 462. The lowest BCUT2D eigenvalue weighted by Gasteiger charge is -2.16. The van der Waals surface area contributed by atoms with E-state index in [9.17, 15) is 22.4 Å². The van der Waals surface area contributed by atoms with Crippen LogP contribution in [0.5, 0.6) is 5.75 Å². The predicted octanol–water partition coefficient (Wildman–Crippen LogP) is 2.88. The summed E-state index contributed by atoms with van der Waals surface area (Å²) in [5.74, 6) is -1.58. The Labute approximate surface area is 106 Å². The van der Waals surface area contributed by atoms with Crippen LogP contribution in [0, 0.1) is 5.82 Å². The van der Waals surface area contributed by atoms with Crippen molar-refractivity contribution in [2.45, 2.75) is 19.1 Å². The van der Waals surface area contributed by atoms with Gasteiger partial charge in [-0.1, -0.05) is 0 Å². The largest absolute Gasteiger partial charge is 0.491 e. The van der Waals surface area contributed by atoms with Gasteiger partial charge in [-0.25, -0.2) is 9.18 Å². The number of amides is 1. The fourth-order valence-electron chi connectivity index (χ4n) is 1.32. The highest BCUT2D eigenvalue weighted by molar-refractivity contribution is 5.64. The number of hydrogen-bond donors (Lipinski definition) is 2. The van der Waals surface area contributed by atoms with Crippen LogP contribution in [0.2, 0.25) is 0 Å². The van der Waals surface area contributed by atoms with Gasteiger partial charge in [0.05, 0.1) is 6.04 Å². The van der Waals surface area contributed by atoms with Crippen molar-refractivity contribution in [1.82, 2.24) is 5.32 Å². The maximum Gasteiger partial charge on any atom is 0.420 e. The summed E-state index contributed by atoms with van der Waals surface area (Å²) in [5.41, 5.74) is -1.24. The van der Waals surface area contributed by atoms with Crippen LogP contribution in [0.1, 0.15) is 12.5 Å². The lowest BCUT2D eigenvalue weighted by molar-refractivity contribution is -0.139. The Balaban J connectivity index is 2.81. The summed E-state index contributed by atoms with van der Waals surface area (Å²) in [7, 11) is 0. The molecule has 0 aliphatic rings. The fraction of sp³-hybridized carbons (Fsp3) is 0.364. The second kappa shape index (κ2) is 5.77. The molecule has 1 amide bonds. The lowest BCUT2D eigenvalue weighted by Crippen LogP contribution is -2.35. The molecule has 1 atom stereocenters. The number of hydrogen-bond acceptors (Lipinski definition) is 2. The van der Waals surface area contributed by atoms with Gasteiger partial charge in [-0.3, -0.25) is 0 Å². The van der Waals surface area contributed by atoms with Gasteiger partial charge in [0.25, 0.3) is 0 Å². The van der Waals surface area contributed by atoms with Crippen LogP contribution in [-0.2, 0) is 6.18 Å². The Hall–Kier alpha value is -1.99. The second-order valence-corrected chi connectivity index (χ2v) is 3.80. The van der Waals surface area contributed by atoms with Gasteiger partial charge in [-0.05, 0) is 25.1 Å². The monoisotopic (exact) mass is 281 g/mol. The molecule has 0 unspecified atom stereocenters. The number of rotatable bonds is 4. The summed E-state index contributed by atoms with van der Waals surface area (Å²) in [6.45, 7) is 1.12. The van der Waals surface area contributed by atoms with E-state index in [1.807, 2.05) is 5.32 Å². The molecule has 0 radical (unpaired) electrons. The highest BCUT2D eigenvalue weighted by Gasteiger charge is 2.35. The molecule has 0 saturated carbocycles. The number of carbonyl (C=O) groups is 1. The Morgan fingerprint density at radius 3 is 2.63 bits per heavy atom. The molecule has 0 aliphatic carbocycles. The van der Waals surface area contributed by atoms with Crippen molar-refractivity contribution < 1.29 is 32.2 Å². The second-order valence-electron chi connectivity index (χ2n) is 3.80. The van der Waals surface area contributed by atoms with E-state index in [1.165, 1.54) is 6.92 Å². The maximum absolute atomic E-state index is 12.8.